The van der Waals surface area contributed by atoms with Gasteiger partial charge >= 0.3 is 0 Å². The second-order valence-electron chi connectivity index (χ2n) is 8.73. The third-order valence-corrected chi connectivity index (χ3v) is 6.46. The van der Waals surface area contributed by atoms with Crippen LogP contribution >= 0.6 is 0 Å². The van der Waals surface area contributed by atoms with E-state index in [1.54, 1.807) is 17.1 Å². The number of hydrogen-bond donors (Lipinski definition) is 1. The summed E-state index contributed by atoms with van der Waals surface area (Å²) in [6.07, 6.45) is 3.20. The van der Waals surface area contributed by atoms with E-state index < -0.39 is 0 Å². The van der Waals surface area contributed by atoms with Gasteiger partial charge in [0.2, 0.25) is 0 Å². The summed E-state index contributed by atoms with van der Waals surface area (Å²) < 4.78 is 3.50. The van der Waals surface area contributed by atoms with E-state index in [1.807, 2.05) is 48.7 Å². The summed E-state index contributed by atoms with van der Waals surface area (Å²) in [6, 6.07) is 19.9. The fourth-order valence-electron chi connectivity index (χ4n) is 4.88. The maximum atomic E-state index is 13.4. The molecular weight excluding hydrogens is 426 g/mol. The van der Waals surface area contributed by atoms with Gasteiger partial charge in [-0.05, 0) is 60.9 Å². The minimum atomic E-state index is -0.107. The van der Waals surface area contributed by atoms with Crippen molar-refractivity contribution >= 4 is 0 Å². The Labute approximate surface area is 195 Å². The first-order chi connectivity index (χ1) is 16.6. The molecule has 1 aliphatic rings. The van der Waals surface area contributed by atoms with E-state index in [0.717, 1.165) is 63.7 Å². The van der Waals surface area contributed by atoms with Gasteiger partial charge in [-0.3, -0.25) is 4.79 Å². The Morgan fingerprint density at radius 3 is 2.65 bits per heavy atom. The molecule has 1 atom stereocenters. The molecule has 0 unspecified atom stereocenters. The molecule has 0 amide bonds. The van der Waals surface area contributed by atoms with Crippen molar-refractivity contribution in [2.45, 2.75) is 32.7 Å². The molecule has 0 radical (unpaired) electrons. The maximum Gasteiger partial charge on any atom is 0.252 e. The summed E-state index contributed by atoms with van der Waals surface area (Å²) in [6.45, 7) is 4.06. The first-order valence-corrected chi connectivity index (χ1v) is 11.3. The SMILES string of the molecule is Cc1ccc(-n2cnnn2)c(-c2cc3n(c(=O)c2)[C@H](c2nc(-c4ccccc4)c(C)[nH]2)CC3)c1. The number of nitrogens with zero attached hydrogens (tertiary/aromatic N) is 6. The summed E-state index contributed by atoms with van der Waals surface area (Å²) in [5.74, 6) is 0.829. The fraction of sp³-hybridized carbons (Fsp3) is 0.192. The van der Waals surface area contributed by atoms with Crippen molar-refractivity contribution in [1.82, 2.24) is 34.7 Å². The van der Waals surface area contributed by atoms with Crippen molar-refractivity contribution in [2.75, 3.05) is 0 Å². The lowest BCUT2D eigenvalue weighted by atomic mass is 10.0. The minimum Gasteiger partial charge on any atom is -0.344 e. The van der Waals surface area contributed by atoms with Crippen molar-refractivity contribution in [2.24, 2.45) is 0 Å². The van der Waals surface area contributed by atoms with E-state index in [-0.39, 0.29) is 11.6 Å². The molecule has 0 bridgehead atoms. The molecule has 8 heteroatoms. The Morgan fingerprint density at radius 1 is 1.00 bits per heavy atom. The number of aromatic amines is 1. The van der Waals surface area contributed by atoms with Gasteiger partial charge in [0.15, 0.2) is 0 Å². The molecular formula is C26H23N7O. The van der Waals surface area contributed by atoms with E-state index in [4.69, 9.17) is 4.98 Å². The van der Waals surface area contributed by atoms with Crippen LogP contribution in [0, 0.1) is 13.8 Å². The monoisotopic (exact) mass is 449 g/mol. The summed E-state index contributed by atoms with van der Waals surface area (Å²) in [5, 5.41) is 11.6. The standard InChI is InChI=1S/C26H23N7O/c1-16-8-10-22(32-15-27-30-31-32)21(12-16)19-13-20-9-11-23(33(20)24(34)14-19)26-28-17(2)25(29-26)18-6-4-3-5-7-18/h3-8,10,12-15,23H,9,11H2,1-2H3,(H,28,29)/t23-/m0/s1. The number of fused-ring (bicyclic) bond motifs is 1. The average molecular weight is 450 g/mol. The molecule has 168 valence electrons. The molecule has 4 heterocycles. The molecule has 0 fully saturated rings. The highest BCUT2D eigenvalue weighted by atomic mass is 16.1. The summed E-state index contributed by atoms with van der Waals surface area (Å²) in [5.41, 5.74) is 7.71. The highest BCUT2D eigenvalue weighted by Gasteiger charge is 2.28. The lowest BCUT2D eigenvalue weighted by molar-refractivity contribution is 0.571. The predicted octanol–water partition coefficient (Wildman–Crippen LogP) is 4.03. The van der Waals surface area contributed by atoms with E-state index >= 15 is 0 Å². The Morgan fingerprint density at radius 2 is 1.85 bits per heavy atom. The largest absolute Gasteiger partial charge is 0.344 e. The first-order valence-electron chi connectivity index (χ1n) is 11.3. The number of aryl methyl sites for hydroxylation is 3. The highest BCUT2D eigenvalue weighted by Crippen LogP contribution is 2.34. The number of imidazole rings is 1. The van der Waals surface area contributed by atoms with Gasteiger partial charge in [0.25, 0.3) is 5.56 Å². The van der Waals surface area contributed by atoms with Crippen LogP contribution in [-0.2, 0) is 6.42 Å². The summed E-state index contributed by atoms with van der Waals surface area (Å²) in [7, 11) is 0. The topological polar surface area (TPSA) is 94.3 Å². The van der Waals surface area contributed by atoms with Gasteiger partial charge in [-0.25, -0.2) is 4.98 Å². The van der Waals surface area contributed by atoms with Crippen LogP contribution < -0.4 is 5.56 Å². The zero-order valence-corrected chi connectivity index (χ0v) is 18.9. The van der Waals surface area contributed by atoms with Crippen molar-refractivity contribution < 1.29 is 0 Å². The molecule has 5 aromatic rings. The number of benzene rings is 2. The second-order valence-corrected chi connectivity index (χ2v) is 8.73. The van der Waals surface area contributed by atoms with E-state index in [1.165, 1.54) is 0 Å². The second kappa shape index (κ2) is 7.91. The van der Waals surface area contributed by atoms with Gasteiger partial charge in [-0.15, -0.1) is 5.10 Å². The Bertz CT molecular complexity index is 1550. The van der Waals surface area contributed by atoms with Crippen LogP contribution in [0.2, 0.25) is 0 Å². The van der Waals surface area contributed by atoms with Crippen LogP contribution in [0.5, 0.6) is 0 Å². The molecule has 34 heavy (non-hydrogen) atoms. The maximum absolute atomic E-state index is 13.4. The zero-order chi connectivity index (χ0) is 23.2. The van der Waals surface area contributed by atoms with E-state index in [0.29, 0.717) is 0 Å². The van der Waals surface area contributed by atoms with Gasteiger partial charge in [0.1, 0.15) is 12.2 Å². The Kier molecular flexibility index (Phi) is 4.72. The quantitative estimate of drug-likeness (QED) is 0.447. The molecule has 0 aliphatic carbocycles. The van der Waals surface area contributed by atoms with Gasteiger partial charge < -0.3 is 9.55 Å². The van der Waals surface area contributed by atoms with Crippen LogP contribution in [0.15, 0.2) is 71.8 Å². The molecule has 6 rings (SSSR count). The van der Waals surface area contributed by atoms with Crippen molar-refractivity contribution in [3.8, 4) is 28.1 Å². The van der Waals surface area contributed by atoms with E-state index in [9.17, 15) is 4.79 Å². The number of hydrogen-bond acceptors (Lipinski definition) is 5. The van der Waals surface area contributed by atoms with Crippen molar-refractivity contribution in [1.29, 1.82) is 0 Å². The number of tetrazole rings is 1. The minimum absolute atomic E-state index is 0.0329. The highest BCUT2D eigenvalue weighted by molar-refractivity contribution is 5.73. The smallest absolute Gasteiger partial charge is 0.252 e. The van der Waals surface area contributed by atoms with Gasteiger partial charge in [-0.1, -0.05) is 42.0 Å². The normalized spacial score (nSPS) is 14.9. The predicted molar refractivity (Wildman–Crippen MR) is 129 cm³/mol. The number of pyridine rings is 1. The number of aromatic nitrogens is 7. The number of rotatable bonds is 4. The van der Waals surface area contributed by atoms with Crippen LogP contribution in [-0.4, -0.2) is 34.7 Å². The third kappa shape index (κ3) is 3.35. The fourth-order valence-corrected chi connectivity index (χ4v) is 4.88. The van der Waals surface area contributed by atoms with Crippen molar-refractivity contribution in [3.05, 3.63) is 100 Å². The Balaban J connectivity index is 1.42. The zero-order valence-electron chi connectivity index (χ0n) is 18.9. The van der Waals surface area contributed by atoms with Crippen LogP contribution in [0.1, 0.15) is 35.2 Å². The Hall–Kier alpha value is -4.33. The molecule has 8 nitrogen and oxygen atoms in total. The molecule has 1 aliphatic heterocycles. The van der Waals surface area contributed by atoms with Gasteiger partial charge in [-0.2, -0.15) is 4.68 Å². The molecule has 3 aromatic heterocycles. The molecule has 0 saturated heterocycles. The number of H-pyrrole nitrogens is 1. The van der Waals surface area contributed by atoms with Crippen LogP contribution in [0.4, 0.5) is 0 Å². The van der Waals surface area contributed by atoms with Gasteiger partial charge in [0, 0.05) is 28.6 Å². The molecule has 1 N–H and O–H groups in total. The summed E-state index contributed by atoms with van der Waals surface area (Å²) >= 11 is 0. The third-order valence-electron chi connectivity index (χ3n) is 6.46. The molecule has 0 spiro atoms. The average Bonchev–Trinajstić information content (AvgIpc) is 3.59. The summed E-state index contributed by atoms with van der Waals surface area (Å²) in [4.78, 5) is 21.7. The first kappa shape index (κ1) is 20.3. The van der Waals surface area contributed by atoms with Gasteiger partial charge in [0.05, 0.1) is 17.4 Å². The molecule has 2 aromatic carbocycles. The number of nitrogens with one attached hydrogen (secondary N) is 1. The molecule has 0 saturated carbocycles. The van der Waals surface area contributed by atoms with Crippen molar-refractivity contribution in [3.63, 3.8) is 0 Å². The lowest BCUT2D eigenvalue weighted by Gasteiger charge is -2.15. The van der Waals surface area contributed by atoms with Crippen LogP contribution in [0.25, 0.3) is 28.1 Å². The lowest BCUT2D eigenvalue weighted by Crippen LogP contribution is -2.24. The van der Waals surface area contributed by atoms with E-state index in [2.05, 4.69) is 44.8 Å². The van der Waals surface area contributed by atoms with Crippen LogP contribution in [0.3, 0.4) is 0 Å².